The number of imidazole rings is 1. The summed E-state index contributed by atoms with van der Waals surface area (Å²) in [5, 5.41) is 11.5. The second kappa shape index (κ2) is 8.27. The van der Waals surface area contributed by atoms with Crippen LogP contribution in [-0.2, 0) is 19.4 Å². The third kappa shape index (κ3) is 4.04. The molecule has 6 heteroatoms. The van der Waals surface area contributed by atoms with Crippen LogP contribution in [0.25, 0.3) is 0 Å². The molecule has 1 N–H and O–H groups in total. The van der Waals surface area contributed by atoms with E-state index in [1.807, 2.05) is 23.0 Å². The monoisotopic (exact) mass is 388 g/mol. The Balaban J connectivity index is 1.51. The van der Waals surface area contributed by atoms with Crippen LogP contribution in [-0.4, -0.2) is 22.8 Å². The topological polar surface area (TPSA) is 72.1 Å². The van der Waals surface area contributed by atoms with Gasteiger partial charge in [-0.2, -0.15) is 5.26 Å². The summed E-state index contributed by atoms with van der Waals surface area (Å²) in [4.78, 5) is 4.17. The quantitative estimate of drug-likeness (QED) is 0.487. The lowest BCUT2D eigenvalue weighted by Crippen LogP contribution is -2.17. The Labute approximate surface area is 170 Å². The van der Waals surface area contributed by atoms with Crippen molar-refractivity contribution in [2.45, 2.75) is 38.3 Å². The predicted molar refractivity (Wildman–Crippen MR) is 111 cm³/mol. The summed E-state index contributed by atoms with van der Waals surface area (Å²) in [5.41, 5.74) is 3.87. The van der Waals surface area contributed by atoms with Crippen LogP contribution in [0.15, 0.2) is 54.9 Å². The van der Waals surface area contributed by atoms with Crippen molar-refractivity contribution < 1.29 is 9.47 Å². The van der Waals surface area contributed by atoms with Crippen molar-refractivity contribution in [2.75, 3.05) is 12.4 Å². The zero-order valence-electron chi connectivity index (χ0n) is 16.6. The van der Waals surface area contributed by atoms with E-state index >= 15 is 0 Å². The predicted octanol–water partition coefficient (Wildman–Crippen LogP) is 4.13. The van der Waals surface area contributed by atoms with Crippen LogP contribution in [0.5, 0.6) is 11.5 Å². The van der Waals surface area contributed by atoms with Gasteiger partial charge in [0.15, 0.2) is 17.7 Å². The van der Waals surface area contributed by atoms with Crippen LogP contribution >= 0.6 is 0 Å². The third-order valence-electron chi connectivity index (χ3n) is 5.42. The molecule has 3 aromatic rings. The van der Waals surface area contributed by atoms with E-state index in [1.165, 1.54) is 11.1 Å². The fourth-order valence-electron chi connectivity index (χ4n) is 3.90. The van der Waals surface area contributed by atoms with Crippen LogP contribution < -0.4 is 14.8 Å². The molecule has 0 aliphatic heterocycles. The van der Waals surface area contributed by atoms with Crippen LogP contribution in [0.2, 0.25) is 0 Å². The fraction of sp³-hybridized carbons (Fsp3) is 0.304. The molecular weight excluding hydrogens is 364 g/mol. The lowest BCUT2D eigenvalue weighted by Gasteiger charge is -2.19. The van der Waals surface area contributed by atoms with Crippen LogP contribution in [0.4, 0.5) is 5.95 Å². The highest BCUT2D eigenvalue weighted by Gasteiger charge is 2.24. The maximum Gasteiger partial charge on any atom is 0.216 e. The first-order valence-electron chi connectivity index (χ1n) is 9.75. The maximum atomic E-state index is 8.86. The van der Waals surface area contributed by atoms with Crippen LogP contribution in [0.3, 0.4) is 0 Å². The van der Waals surface area contributed by atoms with E-state index in [9.17, 15) is 0 Å². The molecule has 1 aliphatic rings. The van der Waals surface area contributed by atoms with Crippen molar-refractivity contribution >= 4 is 5.95 Å². The molecule has 29 heavy (non-hydrogen) atoms. The van der Waals surface area contributed by atoms with Gasteiger partial charge in [0.25, 0.3) is 0 Å². The van der Waals surface area contributed by atoms with Crippen molar-refractivity contribution in [2.24, 2.45) is 0 Å². The number of methoxy groups -OCH3 is 1. The first-order valence-corrected chi connectivity index (χ1v) is 9.75. The number of nitriles is 1. The lowest BCUT2D eigenvalue weighted by molar-refractivity contribution is 0.204. The molecule has 0 amide bonds. The van der Waals surface area contributed by atoms with E-state index < -0.39 is 0 Å². The van der Waals surface area contributed by atoms with Crippen LogP contribution in [0, 0.1) is 11.5 Å². The van der Waals surface area contributed by atoms with Gasteiger partial charge < -0.3 is 14.0 Å². The molecule has 148 valence electrons. The van der Waals surface area contributed by atoms with E-state index in [1.54, 1.807) is 13.3 Å². The summed E-state index contributed by atoms with van der Waals surface area (Å²) in [7, 11) is 1.67. The Bertz CT molecular complexity index is 1010. The molecule has 1 heterocycles. The molecule has 0 spiro atoms. The molecule has 0 bridgehead atoms. The number of nitrogens with zero attached hydrogens (tertiary/aromatic N) is 3. The number of ether oxygens (including phenoxy) is 2. The van der Waals surface area contributed by atoms with Crippen LogP contribution in [0.1, 0.15) is 29.5 Å². The normalized spacial score (nSPS) is 14.1. The number of benzene rings is 2. The summed E-state index contributed by atoms with van der Waals surface area (Å²) in [6, 6.07) is 14.6. The van der Waals surface area contributed by atoms with Gasteiger partial charge in [-0.3, -0.25) is 5.32 Å². The zero-order valence-corrected chi connectivity index (χ0v) is 16.6. The number of aromatic nitrogens is 2. The average Bonchev–Trinajstić information content (AvgIpc) is 3.34. The zero-order chi connectivity index (χ0) is 20.2. The SMILES string of the molecule is COc1ccc([C@H](C)Cn2ccnc2NC#N)cc1OC1Cc2ccccc2C1. The summed E-state index contributed by atoms with van der Waals surface area (Å²) in [6.07, 6.45) is 7.43. The standard InChI is InChI=1S/C23H24N4O2/c1-16(14-27-10-9-25-23(27)26-15-24)17-7-8-21(28-2)22(13-17)29-20-11-18-5-3-4-6-19(18)12-20/h3-10,13,16,20H,11-12,14H2,1-2H3,(H,25,26)/t16-/m1/s1. The molecule has 6 nitrogen and oxygen atoms in total. The minimum absolute atomic E-state index is 0.118. The molecule has 0 unspecified atom stereocenters. The highest BCUT2D eigenvalue weighted by atomic mass is 16.5. The Hall–Kier alpha value is -3.46. The van der Waals surface area contributed by atoms with Gasteiger partial charge in [0, 0.05) is 31.8 Å². The van der Waals surface area contributed by atoms with Gasteiger partial charge in [0.1, 0.15) is 6.10 Å². The number of rotatable bonds is 7. The molecule has 0 fully saturated rings. The molecular formula is C23H24N4O2. The van der Waals surface area contributed by atoms with Gasteiger partial charge >= 0.3 is 0 Å². The first kappa shape index (κ1) is 18.9. The fourth-order valence-corrected chi connectivity index (χ4v) is 3.90. The highest BCUT2D eigenvalue weighted by Crippen LogP contribution is 2.34. The van der Waals surface area contributed by atoms with Gasteiger partial charge in [0.05, 0.1) is 7.11 Å². The van der Waals surface area contributed by atoms with Gasteiger partial charge in [-0.15, -0.1) is 0 Å². The second-order valence-electron chi connectivity index (χ2n) is 7.37. The summed E-state index contributed by atoms with van der Waals surface area (Å²) >= 11 is 0. The number of anilines is 1. The minimum Gasteiger partial charge on any atom is -0.493 e. The lowest BCUT2D eigenvalue weighted by atomic mass is 10.0. The van der Waals surface area contributed by atoms with Gasteiger partial charge in [0.2, 0.25) is 5.95 Å². The van der Waals surface area contributed by atoms with Crippen molar-refractivity contribution in [3.63, 3.8) is 0 Å². The van der Waals surface area contributed by atoms with Crippen molar-refractivity contribution in [1.82, 2.24) is 9.55 Å². The summed E-state index contributed by atoms with van der Waals surface area (Å²) < 4.78 is 13.8. The molecule has 1 atom stereocenters. The highest BCUT2D eigenvalue weighted by molar-refractivity contribution is 5.45. The molecule has 1 aliphatic carbocycles. The largest absolute Gasteiger partial charge is 0.493 e. The number of nitrogens with one attached hydrogen (secondary N) is 1. The molecule has 0 saturated heterocycles. The van der Waals surface area contributed by atoms with E-state index in [-0.39, 0.29) is 12.0 Å². The minimum atomic E-state index is 0.118. The van der Waals surface area contributed by atoms with E-state index in [0.717, 1.165) is 29.9 Å². The molecule has 2 aromatic carbocycles. The Morgan fingerprint density at radius 2 is 1.97 bits per heavy atom. The van der Waals surface area contributed by atoms with Crippen molar-refractivity contribution in [3.05, 3.63) is 71.5 Å². The molecule has 4 rings (SSSR count). The van der Waals surface area contributed by atoms with Crippen molar-refractivity contribution in [3.8, 4) is 17.7 Å². The Morgan fingerprint density at radius 3 is 2.66 bits per heavy atom. The smallest absolute Gasteiger partial charge is 0.216 e. The molecule has 0 saturated carbocycles. The van der Waals surface area contributed by atoms with E-state index in [0.29, 0.717) is 12.5 Å². The summed E-state index contributed by atoms with van der Waals surface area (Å²) in [6.45, 7) is 2.85. The molecule has 1 aromatic heterocycles. The van der Waals surface area contributed by atoms with Gasteiger partial charge in [-0.1, -0.05) is 37.3 Å². The van der Waals surface area contributed by atoms with E-state index in [4.69, 9.17) is 14.7 Å². The summed E-state index contributed by atoms with van der Waals surface area (Å²) in [5.74, 6) is 2.27. The average molecular weight is 388 g/mol. The number of hydrogen-bond donors (Lipinski definition) is 1. The second-order valence-corrected chi connectivity index (χ2v) is 7.37. The van der Waals surface area contributed by atoms with Gasteiger partial charge in [-0.25, -0.2) is 4.98 Å². The number of fused-ring (bicyclic) bond motifs is 1. The van der Waals surface area contributed by atoms with E-state index in [2.05, 4.69) is 53.6 Å². The molecule has 0 radical (unpaired) electrons. The Morgan fingerprint density at radius 1 is 1.21 bits per heavy atom. The maximum absolute atomic E-state index is 8.86. The van der Waals surface area contributed by atoms with Crippen molar-refractivity contribution in [1.29, 1.82) is 5.26 Å². The van der Waals surface area contributed by atoms with Gasteiger partial charge in [-0.05, 0) is 34.7 Å². The Kier molecular flexibility index (Phi) is 5.39. The third-order valence-corrected chi connectivity index (χ3v) is 5.42. The number of hydrogen-bond acceptors (Lipinski definition) is 5. The first-order chi connectivity index (χ1) is 14.2.